The smallest absolute Gasteiger partial charge is 0.253 e. The quantitative estimate of drug-likeness (QED) is 0.389. The van der Waals surface area contributed by atoms with Crippen molar-refractivity contribution in [3.63, 3.8) is 0 Å². The van der Waals surface area contributed by atoms with E-state index in [4.69, 9.17) is 47.0 Å². The van der Waals surface area contributed by atoms with E-state index in [1.54, 1.807) is 0 Å². The minimum absolute atomic E-state index is 0.0104. The zero-order valence-electron chi connectivity index (χ0n) is 11.2. The standard InChI is InChI=1S/C12H11Cl3FN3O3S/c13-12(14,15)10(18-8(20)5-16)19-11(23)17-7-3-1-6(2-4-7)9(21)22/h1-4,10H,5H2,(H,18,20)(H,21,22)(H2,17,19,23)/p-1/t10-/m0/s1. The summed E-state index contributed by atoms with van der Waals surface area (Å²) >= 11 is 22.0. The van der Waals surface area contributed by atoms with Gasteiger partial charge in [0.15, 0.2) is 11.8 Å². The van der Waals surface area contributed by atoms with Gasteiger partial charge in [-0.15, -0.1) is 0 Å². The van der Waals surface area contributed by atoms with Crippen LogP contribution in [-0.4, -0.2) is 33.6 Å². The fraction of sp³-hybridized carbons (Fsp3) is 0.250. The number of carboxylic acid groups (broad SMARTS) is 1. The average molecular weight is 402 g/mol. The number of carboxylic acids is 1. The molecule has 1 aromatic rings. The highest BCUT2D eigenvalue weighted by atomic mass is 35.6. The molecule has 0 fully saturated rings. The highest BCUT2D eigenvalue weighted by Crippen LogP contribution is 2.29. The van der Waals surface area contributed by atoms with Crippen molar-refractivity contribution < 1.29 is 19.1 Å². The van der Waals surface area contributed by atoms with Crippen LogP contribution in [0.15, 0.2) is 24.3 Å². The van der Waals surface area contributed by atoms with Crippen molar-refractivity contribution >= 4 is 69.7 Å². The van der Waals surface area contributed by atoms with E-state index in [-0.39, 0.29) is 10.7 Å². The van der Waals surface area contributed by atoms with Gasteiger partial charge in [-0.2, -0.15) is 0 Å². The lowest BCUT2D eigenvalue weighted by atomic mass is 10.2. The molecule has 0 saturated carbocycles. The maximum Gasteiger partial charge on any atom is 0.253 e. The molecule has 0 aliphatic rings. The predicted molar refractivity (Wildman–Crippen MR) is 88.3 cm³/mol. The largest absolute Gasteiger partial charge is 0.545 e. The molecule has 1 atom stereocenters. The Hall–Kier alpha value is -1.35. The average Bonchev–Trinajstić information content (AvgIpc) is 2.45. The third-order valence-corrected chi connectivity index (χ3v) is 3.28. The van der Waals surface area contributed by atoms with Crippen LogP contribution in [0.4, 0.5) is 10.1 Å². The van der Waals surface area contributed by atoms with Crippen LogP contribution in [0.5, 0.6) is 0 Å². The van der Waals surface area contributed by atoms with E-state index in [2.05, 4.69) is 16.0 Å². The van der Waals surface area contributed by atoms with Crippen LogP contribution in [0.1, 0.15) is 10.4 Å². The number of aromatic carboxylic acids is 1. The van der Waals surface area contributed by atoms with E-state index in [0.717, 1.165) is 0 Å². The summed E-state index contributed by atoms with van der Waals surface area (Å²) < 4.78 is 10.3. The molecule has 1 amide bonds. The number of hydrogen-bond donors (Lipinski definition) is 3. The highest BCUT2D eigenvalue weighted by molar-refractivity contribution is 7.80. The van der Waals surface area contributed by atoms with Crippen LogP contribution in [0.2, 0.25) is 0 Å². The molecule has 3 N–H and O–H groups in total. The first-order chi connectivity index (χ1) is 10.6. The van der Waals surface area contributed by atoms with Crippen molar-refractivity contribution in [1.29, 1.82) is 0 Å². The molecule has 11 heteroatoms. The topological polar surface area (TPSA) is 93.3 Å². The lowest BCUT2D eigenvalue weighted by molar-refractivity contribution is -0.255. The number of alkyl halides is 4. The van der Waals surface area contributed by atoms with Crippen LogP contribution in [0.3, 0.4) is 0 Å². The predicted octanol–water partition coefficient (Wildman–Crippen LogP) is 1.12. The number of hydrogen-bond acceptors (Lipinski definition) is 4. The highest BCUT2D eigenvalue weighted by Gasteiger charge is 2.34. The molecule has 0 radical (unpaired) electrons. The molecule has 1 aromatic carbocycles. The minimum atomic E-state index is -1.99. The summed E-state index contributed by atoms with van der Waals surface area (Å²) in [7, 11) is 0. The SMILES string of the molecule is O=C(CF)N[C@@H](NC(=S)Nc1ccc(C(=O)[O-])cc1)C(Cl)(Cl)Cl. The Labute approximate surface area is 151 Å². The Morgan fingerprint density at radius 1 is 1.22 bits per heavy atom. The van der Waals surface area contributed by atoms with Gasteiger partial charge in [-0.3, -0.25) is 4.79 Å². The van der Waals surface area contributed by atoms with E-state index in [1.165, 1.54) is 24.3 Å². The second-order valence-corrected chi connectivity index (χ2v) is 6.92. The maximum absolute atomic E-state index is 12.3. The molecule has 126 valence electrons. The Morgan fingerprint density at radius 2 is 1.78 bits per heavy atom. The van der Waals surface area contributed by atoms with Gasteiger partial charge in [0.2, 0.25) is 3.79 Å². The summed E-state index contributed by atoms with van der Waals surface area (Å²) in [6.07, 6.45) is -1.28. The van der Waals surface area contributed by atoms with Gasteiger partial charge >= 0.3 is 0 Å². The van der Waals surface area contributed by atoms with E-state index < -0.39 is 28.5 Å². The van der Waals surface area contributed by atoms with Gasteiger partial charge in [0.05, 0.1) is 5.97 Å². The molecule has 1 rings (SSSR count). The van der Waals surface area contributed by atoms with Gasteiger partial charge in [0.1, 0.15) is 6.17 Å². The maximum atomic E-state index is 12.3. The van der Waals surface area contributed by atoms with Crippen molar-refractivity contribution in [1.82, 2.24) is 10.6 Å². The molecule has 0 aliphatic heterocycles. The fourth-order valence-electron chi connectivity index (χ4n) is 1.39. The number of rotatable bonds is 5. The molecule has 0 heterocycles. The lowest BCUT2D eigenvalue weighted by Crippen LogP contribution is -2.56. The summed E-state index contributed by atoms with van der Waals surface area (Å²) in [6, 6.07) is 5.47. The normalized spacial score (nSPS) is 12.2. The molecule has 6 nitrogen and oxygen atoms in total. The van der Waals surface area contributed by atoms with E-state index >= 15 is 0 Å². The molecule has 0 bridgehead atoms. The Bertz CT molecular complexity index is 595. The van der Waals surface area contributed by atoms with Gasteiger partial charge in [-0.1, -0.05) is 46.9 Å². The number of nitrogens with one attached hydrogen (secondary N) is 3. The zero-order chi connectivity index (χ0) is 17.6. The van der Waals surface area contributed by atoms with Crippen LogP contribution < -0.4 is 21.1 Å². The third kappa shape index (κ3) is 6.74. The molecule has 0 saturated heterocycles. The van der Waals surface area contributed by atoms with Crippen molar-refractivity contribution in [2.24, 2.45) is 0 Å². The van der Waals surface area contributed by atoms with E-state index in [1.807, 2.05) is 0 Å². The number of carbonyl (C=O) groups is 2. The van der Waals surface area contributed by atoms with Crippen molar-refractivity contribution in [3.8, 4) is 0 Å². The van der Waals surface area contributed by atoms with Gasteiger partial charge in [0, 0.05) is 5.69 Å². The Kier molecular flexibility index (Phi) is 7.27. The van der Waals surface area contributed by atoms with Crippen LogP contribution in [0, 0.1) is 0 Å². The van der Waals surface area contributed by atoms with Crippen LogP contribution in [-0.2, 0) is 4.79 Å². The van der Waals surface area contributed by atoms with Gasteiger partial charge in [-0.25, -0.2) is 4.39 Å². The molecule has 23 heavy (non-hydrogen) atoms. The Balaban J connectivity index is 2.71. The summed E-state index contributed by atoms with van der Waals surface area (Å²) in [5, 5.41) is 17.9. The second kappa shape index (κ2) is 8.49. The van der Waals surface area contributed by atoms with E-state index in [9.17, 15) is 19.1 Å². The fourth-order valence-corrected chi connectivity index (χ4v) is 1.95. The van der Waals surface area contributed by atoms with Crippen molar-refractivity contribution in [2.75, 3.05) is 12.0 Å². The van der Waals surface area contributed by atoms with Gasteiger partial charge in [0.25, 0.3) is 5.91 Å². The molecule has 0 spiro atoms. The van der Waals surface area contributed by atoms with Crippen molar-refractivity contribution in [3.05, 3.63) is 29.8 Å². The molecule has 0 aliphatic carbocycles. The molecular formula is C12H10Cl3FN3O3S-. The van der Waals surface area contributed by atoms with Crippen molar-refractivity contribution in [2.45, 2.75) is 9.96 Å². The molecular weight excluding hydrogens is 392 g/mol. The number of halogens is 4. The summed E-state index contributed by atoms with van der Waals surface area (Å²) in [5.41, 5.74) is 0.427. The number of thiocarbonyl (C=S) groups is 1. The van der Waals surface area contributed by atoms with Crippen LogP contribution >= 0.6 is 47.0 Å². The van der Waals surface area contributed by atoms with Crippen LogP contribution in [0.25, 0.3) is 0 Å². The van der Waals surface area contributed by atoms with Gasteiger partial charge < -0.3 is 25.9 Å². The van der Waals surface area contributed by atoms with E-state index in [0.29, 0.717) is 5.69 Å². The molecule has 0 aromatic heterocycles. The number of benzene rings is 1. The molecule has 0 unspecified atom stereocenters. The minimum Gasteiger partial charge on any atom is -0.545 e. The second-order valence-electron chi connectivity index (χ2n) is 4.14. The summed E-state index contributed by atoms with van der Waals surface area (Å²) in [4.78, 5) is 21.7. The number of amides is 1. The van der Waals surface area contributed by atoms with Gasteiger partial charge in [-0.05, 0) is 29.9 Å². The number of carbonyl (C=O) groups excluding carboxylic acids is 2. The first-order valence-electron chi connectivity index (χ1n) is 5.94. The first-order valence-corrected chi connectivity index (χ1v) is 7.48. The summed E-state index contributed by atoms with van der Waals surface area (Å²) in [5.74, 6) is -2.31. The first kappa shape index (κ1) is 19.7. The zero-order valence-corrected chi connectivity index (χ0v) is 14.3. The monoisotopic (exact) mass is 400 g/mol. The third-order valence-electron chi connectivity index (χ3n) is 2.41. The Morgan fingerprint density at radius 3 is 2.22 bits per heavy atom. The lowest BCUT2D eigenvalue weighted by Gasteiger charge is -2.27. The number of anilines is 1. The summed E-state index contributed by atoms with van der Waals surface area (Å²) in [6.45, 7) is -1.29.